The molecule has 0 heterocycles. The summed E-state index contributed by atoms with van der Waals surface area (Å²) in [5, 5.41) is 11.1. The number of halogens is 3. The fourth-order valence-corrected chi connectivity index (χ4v) is 2.01. The van der Waals surface area contributed by atoms with Crippen molar-refractivity contribution in [3.05, 3.63) is 50.5 Å². The Bertz CT molecular complexity index is 791. The number of esters is 1. The lowest BCUT2D eigenvalue weighted by Crippen LogP contribution is -2.22. The number of carbonyl (C=O) groups excluding carboxylic acids is 2. The lowest BCUT2D eigenvalue weighted by Gasteiger charge is -2.13. The number of ether oxygens (including phenoxy) is 1. The molecule has 0 spiro atoms. The van der Waals surface area contributed by atoms with Gasteiger partial charge in [0.2, 0.25) is 11.6 Å². The number of hydrogen-bond donors (Lipinski definition) is 0. The number of hydrogen-bond acceptors (Lipinski definition) is 6. The van der Waals surface area contributed by atoms with Gasteiger partial charge in [-0.15, -0.1) is 0 Å². The molecule has 0 saturated carbocycles. The quantitative estimate of drug-likeness (QED) is 0.107. The average molecular weight is 374 g/mol. The summed E-state index contributed by atoms with van der Waals surface area (Å²) in [5.74, 6) is -8.03. The summed E-state index contributed by atoms with van der Waals surface area (Å²) in [6, 6.07) is 0. The molecule has 0 aromatic heterocycles. The van der Waals surface area contributed by atoms with E-state index in [0.717, 1.165) is 13.1 Å². The van der Waals surface area contributed by atoms with Gasteiger partial charge < -0.3 is 9.64 Å². The molecule has 142 valence electrons. The highest BCUT2D eigenvalue weighted by molar-refractivity contribution is 6.25. The highest BCUT2D eigenvalue weighted by Gasteiger charge is 2.37. The minimum absolute atomic E-state index is 0.0573. The minimum Gasteiger partial charge on any atom is -0.462 e. The van der Waals surface area contributed by atoms with Crippen molar-refractivity contribution >= 4 is 17.4 Å². The Morgan fingerprint density at radius 2 is 1.77 bits per heavy atom. The van der Waals surface area contributed by atoms with E-state index >= 15 is 0 Å². The normalized spacial score (nSPS) is 11.3. The van der Waals surface area contributed by atoms with Crippen LogP contribution in [0, 0.1) is 34.5 Å². The van der Waals surface area contributed by atoms with Crippen LogP contribution in [0.5, 0.6) is 0 Å². The van der Waals surface area contributed by atoms with Gasteiger partial charge in [0.05, 0.1) is 11.5 Å². The molecule has 1 aromatic carbocycles. The molecule has 0 bridgehead atoms. The van der Waals surface area contributed by atoms with Crippen LogP contribution in [-0.2, 0) is 9.53 Å². The molecule has 0 aliphatic carbocycles. The Hall–Kier alpha value is -2.91. The van der Waals surface area contributed by atoms with Gasteiger partial charge in [0.25, 0.3) is 0 Å². The molecule has 7 nitrogen and oxygen atoms in total. The molecule has 1 aromatic rings. The molecular weight excluding hydrogens is 357 g/mol. The highest BCUT2D eigenvalue weighted by atomic mass is 19.2. The minimum atomic E-state index is -1.98. The lowest BCUT2D eigenvalue weighted by atomic mass is 9.98. The maximum absolute atomic E-state index is 14.4. The maximum atomic E-state index is 14.4. The third kappa shape index (κ3) is 4.19. The van der Waals surface area contributed by atoms with E-state index in [1.165, 1.54) is 19.0 Å². The molecule has 1 rings (SSSR count). The zero-order chi connectivity index (χ0) is 20.2. The van der Waals surface area contributed by atoms with E-state index in [-0.39, 0.29) is 6.61 Å². The summed E-state index contributed by atoms with van der Waals surface area (Å²) in [4.78, 5) is 35.6. The summed E-state index contributed by atoms with van der Waals surface area (Å²) >= 11 is 0. The number of benzene rings is 1. The van der Waals surface area contributed by atoms with E-state index in [1.807, 2.05) is 0 Å². The molecule has 0 N–H and O–H groups in total. The van der Waals surface area contributed by atoms with Gasteiger partial charge in [0.1, 0.15) is 17.0 Å². The molecule has 0 atom stereocenters. The first-order valence-electron chi connectivity index (χ1n) is 7.46. The predicted molar refractivity (Wildman–Crippen MR) is 85.1 cm³/mol. The second-order valence-electron chi connectivity index (χ2n) is 5.52. The number of nitrogens with zero attached hydrogens (tertiary/aromatic N) is 2. The summed E-state index contributed by atoms with van der Waals surface area (Å²) in [6.45, 7) is 2.45. The maximum Gasteiger partial charge on any atom is 0.343 e. The van der Waals surface area contributed by atoms with Crippen LogP contribution in [0.1, 0.15) is 29.3 Å². The highest BCUT2D eigenvalue weighted by Crippen LogP contribution is 2.32. The number of rotatable bonds is 7. The third-order valence-electron chi connectivity index (χ3n) is 3.21. The number of nitro benzene ring substituents is 1. The Morgan fingerprint density at radius 3 is 2.23 bits per heavy atom. The molecule has 0 radical (unpaired) electrons. The standard InChI is InChI=1S/C16H17F3N2O5/c1-5-6-26-16(23)9(7-20(3)4)15(22)10-11(17)8(2)12(18)13(19)14(10)21(24)25/h7H,5-6H2,1-4H3/b9-7+. The Balaban J connectivity index is 3.68. The molecule has 0 unspecified atom stereocenters. The monoisotopic (exact) mass is 374 g/mol. The fraction of sp³-hybridized carbons (Fsp3) is 0.375. The van der Waals surface area contributed by atoms with E-state index < -0.39 is 56.5 Å². The zero-order valence-electron chi connectivity index (χ0n) is 14.6. The van der Waals surface area contributed by atoms with E-state index in [1.54, 1.807) is 6.92 Å². The van der Waals surface area contributed by atoms with Crippen LogP contribution in [0.15, 0.2) is 11.8 Å². The van der Waals surface area contributed by atoms with Crippen molar-refractivity contribution in [3.63, 3.8) is 0 Å². The van der Waals surface area contributed by atoms with Crippen LogP contribution in [-0.4, -0.2) is 42.3 Å². The predicted octanol–water partition coefficient (Wildman–Crippen LogP) is 2.90. The van der Waals surface area contributed by atoms with Crippen molar-refractivity contribution < 1.29 is 32.4 Å². The van der Waals surface area contributed by atoms with Crippen molar-refractivity contribution in [2.75, 3.05) is 20.7 Å². The van der Waals surface area contributed by atoms with Crippen LogP contribution in [0.25, 0.3) is 0 Å². The SMILES string of the molecule is CCCOC(=O)/C(=C/N(C)C)C(=O)c1c(F)c(C)c(F)c(F)c1[N+](=O)[O-]. The van der Waals surface area contributed by atoms with Crippen molar-refractivity contribution in [1.82, 2.24) is 4.90 Å². The summed E-state index contributed by atoms with van der Waals surface area (Å²) in [7, 11) is 2.86. The second-order valence-corrected chi connectivity index (χ2v) is 5.52. The Kier molecular flexibility index (Phi) is 6.87. The Labute approximate surface area is 147 Å². The van der Waals surface area contributed by atoms with Gasteiger partial charge in [0, 0.05) is 25.9 Å². The molecule has 0 fully saturated rings. The lowest BCUT2D eigenvalue weighted by molar-refractivity contribution is -0.388. The van der Waals surface area contributed by atoms with Crippen molar-refractivity contribution in [1.29, 1.82) is 0 Å². The number of nitro groups is 1. The largest absolute Gasteiger partial charge is 0.462 e. The second kappa shape index (κ2) is 8.45. The van der Waals surface area contributed by atoms with Crippen LogP contribution in [0.3, 0.4) is 0 Å². The van der Waals surface area contributed by atoms with Gasteiger partial charge in [-0.05, 0) is 13.3 Å². The molecule has 26 heavy (non-hydrogen) atoms. The molecule has 0 aliphatic rings. The molecule has 0 saturated heterocycles. The topological polar surface area (TPSA) is 89.8 Å². The van der Waals surface area contributed by atoms with Crippen molar-refractivity contribution in [2.24, 2.45) is 0 Å². The molecule has 10 heteroatoms. The van der Waals surface area contributed by atoms with E-state index in [9.17, 15) is 32.9 Å². The molecule has 0 amide bonds. The first kappa shape index (κ1) is 21.1. The van der Waals surface area contributed by atoms with Gasteiger partial charge >= 0.3 is 11.7 Å². The van der Waals surface area contributed by atoms with Gasteiger partial charge in [-0.2, -0.15) is 4.39 Å². The Morgan fingerprint density at radius 1 is 1.19 bits per heavy atom. The van der Waals surface area contributed by atoms with Crippen molar-refractivity contribution in [2.45, 2.75) is 20.3 Å². The van der Waals surface area contributed by atoms with E-state index in [2.05, 4.69) is 0 Å². The summed E-state index contributed by atoms with van der Waals surface area (Å²) < 4.78 is 46.8. The number of ketones is 1. The first-order valence-corrected chi connectivity index (χ1v) is 7.46. The zero-order valence-corrected chi connectivity index (χ0v) is 14.6. The van der Waals surface area contributed by atoms with Gasteiger partial charge in [-0.3, -0.25) is 14.9 Å². The average Bonchev–Trinajstić information content (AvgIpc) is 2.57. The summed E-state index contributed by atoms with van der Waals surface area (Å²) in [5.41, 5.74) is -4.69. The van der Waals surface area contributed by atoms with E-state index in [0.29, 0.717) is 6.42 Å². The fourth-order valence-electron chi connectivity index (χ4n) is 2.01. The van der Waals surface area contributed by atoms with Crippen LogP contribution in [0.2, 0.25) is 0 Å². The van der Waals surface area contributed by atoms with Crippen LogP contribution >= 0.6 is 0 Å². The van der Waals surface area contributed by atoms with Gasteiger partial charge in [-0.1, -0.05) is 6.92 Å². The third-order valence-corrected chi connectivity index (χ3v) is 3.21. The van der Waals surface area contributed by atoms with Crippen molar-refractivity contribution in [3.8, 4) is 0 Å². The van der Waals surface area contributed by atoms with Crippen LogP contribution < -0.4 is 0 Å². The van der Waals surface area contributed by atoms with Crippen LogP contribution in [0.4, 0.5) is 18.9 Å². The summed E-state index contributed by atoms with van der Waals surface area (Å²) in [6.07, 6.45) is 1.38. The van der Waals surface area contributed by atoms with Gasteiger partial charge in [0.15, 0.2) is 5.82 Å². The smallest absolute Gasteiger partial charge is 0.343 e. The molecular formula is C16H17F3N2O5. The first-order chi connectivity index (χ1) is 12.0. The molecule has 0 aliphatic heterocycles. The number of carbonyl (C=O) groups is 2. The van der Waals surface area contributed by atoms with E-state index in [4.69, 9.17) is 4.74 Å². The van der Waals surface area contributed by atoms with Gasteiger partial charge in [-0.25, -0.2) is 13.6 Å². The number of Topliss-reactive ketones (excluding diaryl/α,β-unsaturated/α-hetero) is 1.